The Balaban J connectivity index is 1.89. The van der Waals surface area contributed by atoms with Crippen molar-refractivity contribution in [3.63, 3.8) is 0 Å². The number of nitrogens with zero attached hydrogens (tertiary/aromatic N) is 1. The summed E-state index contributed by atoms with van der Waals surface area (Å²) in [6.07, 6.45) is 0.345. The monoisotopic (exact) mass is 348 g/mol. The molecule has 24 heavy (non-hydrogen) atoms. The first kappa shape index (κ1) is 18.6. The van der Waals surface area contributed by atoms with E-state index >= 15 is 0 Å². The van der Waals surface area contributed by atoms with E-state index in [1.165, 1.54) is 0 Å². The SMILES string of the molecule is COCCOCCC(=O)N[C@H](C)c1sc(-c2ccccc2)nc1C. The van der Waals surface area contributed by atoms with Crippen molar-refractivity contribution in [2.75, 3.05) is 26.9 Å². The van der Waals surface area contributed by atoms with Crippen LogP contribution in [0.1, 0.15) is 30.0 Å². The third-order valence-corrected chi connectivity index (χ3v) is 4.92. The Hall–Kier alpha value is -1.76. The highest BCUT2D eigenvalue weighted by atomic mass is 32.1. The molecular formula is C18H24N2O3S. The number of hydrogen-bond acceptors (Lipinski definition) is 5. The van der Waals surface area contributed by atoms with Gasteiger partial charge in [-0.3, -0.25) is 4.79 Å². The van der Waals surface area contributed by atoms with Crippen molar-refractivity contribution in [2.45, 2.75) is 26.3 Å². The zero-order valence-corrected chi connectivity index (χ0v) is 15.2. The molecule has 130 valence electrons. The summed E-state index contributed by atoms with van der Waals surface area (Å²) in [5.41, 5.74) is 2.06. The number of carbonyl (C=O) groups excluding carboxylic acids is 1. The van der Waals surface area contributed by atoms with E-state index in [9.17, 15) is 4.79 Å². The molecule has 2 aromatic rings. The molecule has 5 nitrogen and oxygen atoms in total. The van der Waals surface area contributed by atoms with Gasteiger partial charge >= 0.3 is 0 Å². The van der Waals surface area contributed by atoms with Crippen molar-refractivity contribution >= 4 is 17.2 Å². The molecule has 0 bridgehead atoms. The number of rotatable bonds is 9. The largest absolute Gasteiger partial charge is 0.382 e. The van der Waals surface area contributed by atoms with Crippen molar-refractivity contribution in [2.24, 2.45) is 0 Å². The van der Waals surface area contributed by atoms with Gasteiger partial charge in [-0.1, -0.05) is 30.3 Å². The van der Waals surface area contributed by atoms with Gasteiger partial charge in [0.2, 0.25) is 5.91 Å². The minimum atomic E-state index is -0.0635. The molecule has 6 heteroatoms. The van der Waals surface area contributed by atoms with E-state index in [1.54, 1.807) is 18.4 Å². The van der Waals surface area contributed by atoms with Crippen LogP contribution in [0.15, 0.2) is 30.3 Å². The number of aryl methyl sites for hydroxylation is 1. The molecular weight excluding hydrogens is 324 g/mol. The molecule has 0 saturated carbocycles. The lowest BCUT2D eigenvalue weighted by molar-refractivity contribution is -0.122. The number of ether oxygens (including phenoxy) is 2. The molecule has 1 amide bonds. The fourth-order valence-corrected chi connectivity index (χ4v) is 3.38. The molecule has 0 unspecified atom stereocenters. The number of hydrogen-bond donors (Lipinski definition) is 1. The summed E-state index contributed by atoms with van der Waals surface area (Å²) in [4.78, 5) is 17.7. The van der Waals surface area contributed by atoms with Crippen LogP contribution in [-0.4, -0.2) is 37.8 Å². The summed E-state index contributed by atoms with van der Waals surface area (Å²) >= 11 is 1.62. The van der Waals surface area contributed by atoms with E-state index in [4.69, 9.17) is 9.47 Å². The summed E-state index contributed by atoms with van der Waals surface area (Å²) in [5, 5.41) is 3.99. The zero-order valence-electron chi connectivity index (χ0n) is 14.4. The number of aromatic nitrogens is 1. The Kier molecular flexibility index (Phi) is 7.36. The van der Waals surface area contributed by atoms with Crippen LogP contribution in [0, 0.1) is 6.92 Å². The molecule has 0 spiro atoms. The quantitative estimate of drug-likeness (QED) is 0.706. The Bertz CT molecular complexity index is 643. The minimum Gasteiger partial charge on any atom is -0.382 e. The minimum absolute atomic E-state index is 0.0195. The summed E-state index contributed by atoms with van der Waals surface area (Å²) in [7, 11) is 1.62. The highest BCUT2D eigenvalue weighted by Gasteiger charge is 2.17. The number of benzene rings is 1. The van der Waals surface area contributed by atoms with Crippen LogP contribution in [0.3, 0.4) is 0 Å². The first-order valence-electron chi connectivity index (χ1n) is 8.00. The summed E-state index contributed by atoms with van der Waals surface area (Å²) in [6.45, 7) is 5.42. The van der Waals surface area contributed by atoms with Crippen LogP contribution in [0.5, 0.6) is 0 Å². The van der Waals surface area contributed by atoms with E-state index in [2.05, 4.69) is 10.3 Å². The van der Waals surface area contributed by atoms with Crippen molar-refractivity contribution in [1.82, 2.24) is 10.3 Å². The molecule has 1 atom stereocenters. The molecule has 1 aromatic carbocycles. The second kappa shape index (κ2) is 9.52. The van der Waals surface area contributed by atoms with E-state index in [0.29, 0.717) is 26.2 Å². The smallest absolute Gasteiger partial charge is 0.222 e. The number of amides is 1. The Morgan fingerprint density at radius 1 is 1.25 bits per heavy atom. The van der Waals surface area contributed by atoms with Crippen LogP contribution in [0.25, 0.3) is 10.6 Å². The molecule has 0 aliphatic carbocycles. The van der Waals surface area contributed by atoms with Crippen molar-refractivity contribution < 1.29 is 14.3 Å². The van der Waals surface area contributed by atoms with E-state index in [0.717, 1.165) is 21.1 Å². The van der Waals surface area contributed by atoms with Crippen molar-refractivity contribution in [3.05, 3.63) is 40.9 Å². The fourth-order valence-electron chi connectivity index (χ4n) is 2.30. The van der Waals surface area contributed by atoms with Gasteiger partial charge in [0.1, 0.15) is 5.01 Å². The van der Waals surface area contributed by atoms with Gasteiger partial charge in [0.05, 0.1) is 36.4 Å². The molecule has 0 fully saturated rings. The standard InChI is InChI=1S/C18H24N2O3S/c1-13(19-16(21)9-10-23-12-11-22-3)17-14(2)20-18(24-17)15-7-5-4-6-8-15/h4-8,13H,9-12H2,1-3H3,(H,19,21)/t13-/m1/s1. The Morgan fingerprint density at radius 2 is 2.00 bits per heavy atom. The average Bonchev–Trinajstić information content (AvgIpc) is 2.97. The number of nitrogens with one attached hydrogen (secondary N) is 1. The average molecular weight is 348 g/mol. The van der Waals surface area contributed by atoms with Crippen LogP contribution >= 0.6 is 11.3 Å². The summed E-state index contributed by atoms with van der Waals surface area (Å²) in [5.74, 6) is -0.0195. The molecule has 1 heterocycles. The molecule has 0 aliphatic heterocycles. The van der Waals surface area contributed by atoms with Crippen molar-refractivity contribution in [3.8, 4) is 10.6 Å². The third-order valence-electron chi connectivity index (χ3n) is 3.53. The molecule has 2 rings (SSSR count). The van der Waals surface area contributed by atoms with Gasteiger partial charge in [0.15, 0.2) is 0 Å². The predicted molar refractivity (Wildman–Crippen MR) is 96.2 cm³/mol. The van der Waals surface area contributed by atoms with Crippen molar-refractivity contribution in [1.29, 1.82) is 0 Å². The first-order valence-corrected chi connectivity index (χ1v) is 8.82. The zero-order chi connectivity index (χ0) is 17.4. The van der Waals surface area contributed by atoms with E-state index in [1.807, 2.05) is 44.2 Å². The first-order chi connectivity index (χ1) is 11.6. The predicted octanol–water partition coefficient (Wildman–Crippen LogP) is 3.35. The molecule has 1 aromatic heterocycles. The lowest BCUT2D eigenvalue weighted by Gasteiger charge is -2.13. The Morgan fingerprint density at radius 3 is 2.71 bits per heavy atom. The van der Waals surface area contributed by atoms with Gasteiger partial charge in [-0.2, -0.15) is 0 Å². The van der Waals surface area contributed by atoms with E-state index in [-0.39, 0.29) is 11.9 Å². The van der Waals surface area contributed by atoms with Gasteiger partial charge in [-0.25, -0.2) is 4.98 Å². The molecule has 0 radical (unpaired) electrons. The Labute approximate surface area is 147 Å². The van der Waals surface area contributed by atoms with Gasteiger partial charge in [-0.15, -0.1) is 11.3 Å². The van der Waals surface area contributed by atoms with Gasteiger partial charge in [-0.05, 0) is 13.8 Å². The normalized spacial score (nSPS) is 12.1. The van der Waals surface area contributed by atoms with Gasteiger partial charge < -0.3 is 14.8 Å². The van der Waals surface area contributed by atoms with E-state index < -0.39 is 0 Å². The van der Waals surface area contributed by atoms with Crippen LogP contribution in [-0.2, 0) is 14.3 Å². The highest BCUT2D eigenvalue weighted by Crippen LogP contribution is 2.31. The third kappa shape index (κ3) is 5.40. The maximum atomic E-state index is 12.0. The maximum absolute atomic E-state index is 12.0. The lowest BCUT2D eigenvalue weighted by atomic mass is 10.2. The summed E-state index contributed by atoms with van der Waals surface area (Å²) in [6, 6.07) is 10.0. The molecule has 0 saturated heterocycles. The number of carbonyl (C=O) groups is 1. The topological polar surface area (TPSA) is 60.5 Å². The highest BCUT2D eigenvalue weighted by molar-refractivity contribution is 7.15. The van der Waals surface area contributed by atoms with Crippen LogP contribution in [0.4, 0.5) is 0 Å². The molecule has 0 aliphatic rings. The second-order valence-corrected chi connectivity index (χ2v) is 6.51. The van der Waals surface area contributed by atoms with Gasteiger partial charge in [0.25, 0.3) is 0 Å². The van der Waals surface area contributed by atoms with Gasteiger partial charge in [0, 0.05) is 19.1 Å². The molecule has 1 N–H and O–H groups in total. The fraction of sp³-hybridized carbons (Fsp3) is 0.444. The lowest BCUT2D eigenvalue weighted by Crippen LogP contribution is -2.27. The number of thiazole rings is 1. The second-order valence-electron chi connectivity index (χ2n) is 5.48. The maximum Gasteiger partial charge on any atom is 0.222 e. The number of methoxy groups -OCH3 is 1. The summed E-state index contributed by atoms with van der Waals surface area (Å²) < 4.78 is 10.2. The van der Waals surface area contributed by atoms with Crippen LogP contribution < -0.4 is 5.32 Å². The van der Waals surface area contributed by atoms with Crippen LogP contribution in [0.2, 0.25) is 0 Å².